The van der Waals surface area contributed by atoms with Gasteiger partial charge in [0.15, 0.2) is 0 Å². The molecule has 2 aliphatic rings. The molecule has 2 heteroatoms. The predicted octanol–water partition coefficient (Wildman–Crippen LogP) is 2.96. The second kappa shape index (κ2) is 5.64. The number of rotatable bonds is 6. The molecule has 0 heterocycles. The van der Waals surface area contributed by atoms with Crippen LogP contribution < -0.4 is 5.32 Å². The van der Waals surface area contributed by atoms with Crippen molar-refractivity contribution in [2.45, 2.75) is 51.2 Å². The van der Waals surface area contributed by atoms with Crippen LogP contribution in [0.1, 0.15) is 36.8 Å². The molecule has 1 aromatic rings. The van der Waals surface area contributed by atoms with E-state index in [9.17, 15) is 0 Å². The van der Waals surface area contributed by atoms with Gasteiger partial charge in [-0.3, -0.25) is 4.90 Å². The van der Waals surface area contributed by atoms with Crippen molar-refractivity contribution in [1.82, 2.24) is 10.2 Å². The first-order valence-electron chi connectivity index (χ1n) is 7.71. The normalized spacial score (nSPS) is 26.5. The Kier molecular flexibility index (Phi) is 3.90. The minimum Gasteiger partial charge on any atom is -0.314 e. The summed E-state index contributed by atoms with van der Waals surface area (Å²) in [5, 5.41) is 3.69. The van der Waals surface area contributed by atoms with Crippen molar-refractivity contribution < 1.29 is 0 Å². The molecule has 2 fully saturated rings. The quantitative estimate of drug-likeness (QED) is 0.844. The zero-order chi connectivity index (χ0) is 13.2. The lowest BCUT2D eigenvalue weighted by Crippen LogP contribution is -2.48. The average Bonchev–Trinajstić information content (AvgIpc) is 3.15. The fourth-order valence-electron chi connectivity index (χ4n) is 3.07. The van der Waals surface area contributed by atoms with E-state index in [1.807, 2.05) is 0 Å². The van der Waals surface area contributed by atoms with Crippen molar-refractivity contribution in [2.24, 2.45) is 5.92 Å². The Labute approximate surface area is 117 Å². The van der Waals surface area contributed by atoms with Gasteiger partial charge in [-0.25, -0.2) is 0 Å². The summed E-state index contributed by atoms with van der Waals surface area (Å²) < 4.78 is 0. The van der Waals surface area contributed by atoms with E-state index in [1.165, 1.54) is 43.4 Å². The van der Waals surface area contributed by atoms with Crippen molar-refractivity contribution in [3.63, 3.8) is 0 Å². The van der Waals surface area contributed by atoms with Crippen LogP contribution in [0.2, 0.25) is 0 Å². The number of hydrogen-bond acceptors (Lipinski definition) is 2. The van der Waals surface area contributed by atoms with Crippen molar-refractivity contribution in [2.75, 3.05) is 13.6 Å². The van der Waals surface area contributed by atoms with Gasteiger partial charge in [0, 0.05) is 18.6 Å². The third-order valence-electron chi connectivity index (χ3n) is 4.74. The minimum absolute atomic E-state index is 0.785. The van der Waals surface area contributed by atoms with E-state index in [0.29, 0.717) is 0 Å². The van der Waals surface area contributed by atoms with Crippen LogP contribution in [0.3, 0.4) is 0 Å². The third kappa shape index (κ3) is 3.37. The van der Waals surface area contributed by atoms with Crippen molar-refractivity contribution in [3.05, 3.63) is 35.4 Å². The van der Waals surface area contributed by atoms with Crippen LogP contribution in [0.25, 0.3) is 0 Å². The molecular formula is C17H26N2. The zero-order valence-electron chi connectivity index (χ0n) is 12.2. The molecular weight excluding hydrogens is 232 g/mol. The highest BCUT2D eigenvalue weighted by molar-refractivity contribution is 5.21. The van der Waals surface area contributed by atoms with Crippen LogP contribution in [0.5, 0.6) is 0 Å². The standard InChI is InChI=1S/C17H26N2/c1-13-3-5-14(6-4-13)12-19(2)17-10-7-15(17)11-18-16-8-9-16/h3-6,15-18H,7-12H2,1-2H3. The van der Waals surface area contributed by atoms with Gasteiger partial charge < -0.3 is 5.32 Å². The Morgan fingerprint density at radius 1 is 1.11 bits per heavy atom. The van der Waals surface area contributed by atoms with Crippen LogP contribution in [-0.2, 0) is 6.54 Å². The van der Waals surface area contributed by atoms with Crippen molar-refractivity contribution in [1.29, 1.82) is 0 Å². The lowest BCUT2D eigenvalue weighted by molar-refractivity contribution is 0.0778. The summed E-state index contributed by atoms with van der Waals surface area (Å²) in [6.07, 6.45) is 5.58. The van der Waals surface area contributed by atoms with E-state index in [1.54, 1.807) is 0 Å². The summed E-state index contributed by atoms with van der Waals surface area (Å²) >= 11 is 0. The summed E-state index contributed by atoms with van der Waals surface area (Å²) in [7, 11) is 2.29. The molecule has 2 nitrogen and oxygen atoms in total. The van der Waals surface area contributed by atoms with Gasteiger partial charge >= 0.3 is 0 Å². The zero-order valence-corrected chi connectivity index (χ0v) is 12.2. The van der Waals surface area contributed by atoms with Gasteiger partial charge in [-0.1, -0.05) is 29.8 Å². The molecule has 0 aromatic heterocycles. The molecule has 2 saturated carbocycles. The largest absolute Gasteiger partial charge is 0.314 e. The summed E-state index contributed by atoms with van der Waals surface area (Å²) in [5.74, 6) is 0.871. The van der Waals surface area contributed by atoms with Crippen LogP contribution >= 0.6 is 0 Å². The lowest BCUT2D eigenvalue weighted by atomic mass is 9.78. The van der Waals surface area contributed by atoms with Gasteiger partial charge in [0.05, 0.1) is 0 Å². The number of nitrogens with one attached hydrogen (secondary N) is 1. The van der Waals surface area contributed by atoms with Crippen LogP contribution in [0, 0.1) is 12.8 Å². The molecule has 2 unspecified atom stereocenters. The van der Waals surface area contributed by atoms with Gasteiger partial charge in [0.2, 0.25) is 0 Å². The Morgan fingerprint density at radius 3 is 2.42 bits per heavy atom. The highest BCUT2D eigenvalue weighted by Gasteiger charge is 2.34. The topological polar surface area (TPSA) is 15.3 Å². The molecule has 0 amide bonds. The minimum atomic E-state index is 0.785. The summed E-state index contributed by atoms with van der Waals surface area (Å²) in [6, 6.07) is 10.6. The van der Waals surface area contributed by atoms with Gasteiger partial charge in [0.1, 0.15) is 0 Å². The maximum absolute atomic E-state index is 3.69. The van der Waals surface area contributed by atoms with E-state index in [-0.39, 0.29) is 0 Å². The number of benzene rings is 1. The average molecular weight is 258 g/mol. The fraction of sp³-hybridized carbons (Fsp3) is 0.647. The molecule has 0 spiro atoms. The van der Waals surface area contributed by atoms with Crippen LogP contribution in [0.15, 0.2) is 24.3 Å². The number of aryl methyl sites for hydroxylation is 1. The molecule has 3 rings (SSSR count). The van der Waals surface area contributed by atoms with Crippen molar-refractivity contribution in [3.8, 4) is 0 Å². The summed E-state index contributed by atoms with van der Waals surface area (Å²) in [4.78, 5) is 2.55. The Hall–Kier alpha value is -0.860. The molecule has 19 heavy (non-hydrogen) atoms. The van der Waals surface area contributed by atoms with Crippen molar-refractivity contribution >= 4 is 0 Å². The lowest BCUT2D eigenvalue weighted by Gasteiger charge is -2.43. The predicted molar refractivity (Wildman–Crippen MR) is 80.2 cm³/mol. The first-order chi connectivity index (χ1) is 9.22. The monoisotopic (exact) mass is 258 g/mol. The van der Waals surface area contributed by atoms with E-state index < -0.39 is 0 Å². The Bertz CT molecular complexity index is 408. The third-order valence-corrected chi connectivity index (χ3v) is 4.74. The van der Waals surface area contributed by atoms with E-state index in [0.717, 1.165) is 24.5 Å². The molecule has 1 N–H and O–H groups in total. The highest BCUT2D eigenvalue weighted by Crippen LogP contribution is 2.32. The van der Waals surface area contributed by atoms with Crippen LogP contribution in [0.4, 0.5) is 0 Å². The second-order valence-electron chi connectivity index (χ2n) is 6.49. The van der Waals surface area contributed by atoms with E-state index in [4.69, 9.17) is 0 Å². The number of nitrogens with zero attached hydrogens (tertiary/aromatic N) is 1. The maximum Gasteiger partial charge on any atom is 0.0233 e. The van der Waals surface area contributed by atoms with Crippen LogP contribution in [-0.4, -0.2) is 30.6 Å². The molecule has 2 atom stereocenters. The molecule has 2 aliphatic carbocycles. The van der Waals surface area contributed by atoms with Gasteiger partial charge in [-0.2, -0.15) is 0 Å². The second-order valence-corrected chi connectivity index (χ2v) is 6.49. The fourth-order valence-corrected chi connectivity index (χ4v) is 3.07. The van der Waals surface area contributed by atoms with E-state index >= 15 is 0 Å². The highest BCUT2D eigenvalue weighted by atomic mass is 15.1. The first kappa shape index (κ1) is 13.1. The molecule has 1 aromatic carbocycles. The molecule has 0 aliphatic heterocycles. The Balaban J connectivity index is 1.48. The van der Waals surface area contributed by atoms with E-state index in [2.05, 4.69) is 48.5 Å². The van der Waals surface area contributed by atoms with Gasteiger partial charge in [-0.05, 0) is 57.7 Å². The molecule has 104 valence electrons. The van der Waals surface area contributed by atoms with Gasteiger partial charge in [-0.15, -0.1) is 0 Å². The molecule has 0 radical (unpaired) electrons. The molecule has 0 saturated heterocycles. The SMILES string of the molecule is Cc1ccc(CN(C)C2CCC2CNC2CC2)cc1. The summed E-state index contributed by atoms with van der Waals surface area (Å²) in [6.45, 7) is 4.47. The Morgan fingerprint density at radius 2 is 1.84 bits per heavy atom. The van der Waals surface area contributed by atoms with Gasteiger partial charge in [0.25, 0.3) is 0 Å². The first-order valence-corrected chi connectivity index (χ1v) is 7.71. The molecule has 0 bridgehead atoms. The summed E-state index contributed by atoms with van der Waals surface area (Å²) in [5.41, 5.74) is 2.79. The smallest absolute Gasteiger partial charge is 0.0233 e. The maximum atomic E-state index is 3.69. The number of hydrogen-bond donors (Lipinski definition) is 1.